The van der Waals surface area contributed by atoms with Crippen LogP contribution in [0.5, 0.6) is 0 Å². The summed E-state index contributed by atoms with van der Waals surface area (Å²) in [6, 6.07) is 7.93. The monoisotopic (exact) mass is 304 g/mol. The lowest BCUT2D eigenvalue weighted by molar-refractivity contribution is -0.0704. The summed E-state index contributed by atoms with van der Waals surface area (Å²) in [6.07, 6.45) is 0.565. The van der Waals surface area contributed by atoms with Crippen LogP contribution in [0.1, 0.15) is 43.6 Å². The van der Waals surface area contributed by atoms with Gasteiger partial charge in [0.25, 0.3) is 5.91 Å². The number of amides is 1. The summed E-state index contributed by atoms with van der Waals surface area (Å²) in [4.78, 5) is 14.4. The standard InChI is InChI=1S/C18H28N2O2/c1-13(2)9-19-18(21)17-7-5-16(6-8-17)12-20-10-14(3)22-15(4)11-20/h5-8,13-15H,9-12H2,1-4H3,(H,19,21). The molecule has 2 rings (SSSR count). The molecule has 2 unspecified atom stereocenters. The van der Waals surface area contributed by atoms with E-state index in [-0.39, 0.29) is 18.1 Å². The fourth-order valence-corrected chi connectivity index (χ4v) is 2.83. The summed E-state index contributed by atoms with van der Waals surface area (Å²) >= 11 is 0. The fourth-order valence-electron chi connectivity index (χ4n) is 2.83. The summed E-state index contributed by atoms with van der Waals surface area (Å²) in [7, 11) is 0. The van der Waals surface area contributed by atoms with Gasteiger partial charge in [0, 0.05) is 31.7 Å². The SMILES string of the molecule is CC(C)CNC(=O)c1ccc(CN2CC(C)OC(C)C2)cc1. The van der Waals surface area contributed by atoms with Crippen molar-refractivity contribution in [1.29, 1.82) is 0 Å². The molecule has 1 fully saturated rings. The zero-order valence-corrected chi connectivity index (χ0v) is 14.1. The minimum Gasteiger partial charge on any atom is -0.373 e. The van der Waals surface area contributed by atoms with Crippen LogP contribution in [-0.4, -0.2) is 42.6 Å². The molecule has 0 saturated carbocycles. The molecule has 1 aliphatic heterocycles. The van der Waals surface area contributed by atoms with E-state index < -0.39 is 0 Å². The van der Waals surface area contributed by atoms with E-state index in [4.69, 9.17) is 4.74 Å². The Balaban J connectivity index is 1.90. The van der Waals surface area contributed by atoms with Crippen molar-refractivity contribution in [2.45, 2.75) is 46.4 Å². The Morgan fingerprint density at radius 2 is 1.82 bits per heavy atom. The highest BCUT2D eigenvalue weighted by atomic mass is 16.5. The topological polar surface area (TPSA) is 41.6 Å². The van der Waals surface area contributed by atoms with Crippen molar-refractivity contribution in [2.24, 2.45) is 5.92 Å². The first-order valence-electron chi connectivity index (χ1n) is 8.19. The molecule has 0 radical (unpaired) electrons. The van der Waals surface area contributed by atoms with E-state index in [0.717, 1.165) is 25.2 Å². The van der Waals surface area contributed by atoms with Crippen molar-refractivity contribution < 1.29 is 9.53 Å². The molecule has 4 nitrogen and oxygen atoms in total. The highest BCUT2D eigenvalue weighted by Crippen LogP contribution is 2.14. The van der Waals surface area contributed by atoms with Crippen molar-refractivity contribution in [1.82, 2.24) is 10.2 Å². The number of hydrogen-bond acceptors (Lipinski definition) is 3. The van der Waals surface area contributed by atoms with Crippen LogP contribution in [0, 0.1) is 5.92 Å². The highest BCUT2D eigenvalue weighted by Gasteiger charge is 2.22. The van der Waals surface area contributed by atoms with Gasteiger partial charge in [0.2, 0.25) is 0 Å². The van der Waals surface area contributed by atoms with E-state index in [1.807, 2.05) is 12.1 Å². The van der Waals surface area contributed by atoms with Crippen LogP contribution in [0.3, 0.4) is 0 Å². The minimum absolute atomic E-state index is 0.00821. The second-order valence-corrected chi connectivity index (χ2v) is 6.75. The van der Waals surface area contributed by atoms with E-state index in [0.29, 0.717) is 12.5 Å². The number of rotatable bonds is 5. The van der Waals surface area contributed by atoms with E-state index in [2.05, 4.69) is 50.0 Å². The quantitative estimate of drug-likeness (QED) is 0.909. The Kier molecular flexibility index (Phi) is 5.98. The van der Waals surface area contributed by atoms with Gasteiger partial charge in [0.1, 0.15) is 0 Å². The number of nitrogens with one attached hydrogen (secondary N) is 1. The molecular formula is C18H28N2O2. The number of nitrogens with zero attached hydrogens (tertiary/aromatic N) is 1. The summed E-state index contributed by atoms with van der Waals surface area (Å²) in [5.74, 6) is 0.474. The largest absolute Gasteiger partial charge is 0.373 e. The Morgan fingerprint density at radius 1 is 1.23 bits per heavy atom. The molecule has 2 atom stereocenters. The van der Waals surface area contributed by atoms with Crippen LogP contribution >= 0.6 is 0 Å². The average molecular weight is 304 g/mol. The summed E-state index contributed by atoms with van der Waals surface area (Å²) in [5, 5.41) is 2.94. The third-order valence-corrected chi connectivity index (χ3v) is 3.79. The molecule has 0 aliphatic carbocycles. The number of ether oxygens (including phenoxy) is 1. The first-order valence-corrected chi connectivity index (χ1v) is 8.19. The number of morpholine rings is 1. The zero-order valence-electron chi connectivity index (χ0n) is 14.1. The van der Waals surface area contributed by atoms with E-state index in [9.17, 15) is 4.79 Å². The summed E-state index contributed by atoms with van der Waals surface area (Å²) < 4.78 is 5.76. The first-order chi connectivity index (χ1) is 10.4. The molecule has 1 aromatic carbocycles. The van der Waals surface area contributed by atoms with Crippen LogP contribution in [-0.2, 0) is 11.3 Å². The first kappa shape index (κ1) is 17.0. The van der Waals surface area contributed by atoms with Crippen molar-refractivity contribution in [3.8, 4) is 0 Å². The molecular weight excluding hydrogens is 276 g/mol. The maximum Gasteiger partial charge on any atom is 0.251 e. The van der Waals surface area contributed by atoms with Crippen LogP contribution < -0.4 is 5.32 Å². The van der Waals surface area contributed by atoms with Gasteiger partial charge in [-0.1, -0.05) is 26.0 Å². The third-order valence-electron chi connectivity index (χ3n) is 3.79. The molecule has 1 amide bonds. The van der Waals surface area contributed by atoms with Gasteiger partial charge in [0.15, 0.2) is 0 Å². The van der Waals surface area contributed by atoms with Crippen molar-refractivity contribution in [2.75, 3.05) is 19.6 Å². The predicted octanol–water partition coefficient (Wildman–Crippen LogP) is 2.68. The number of hydrogen-bond donors (Lipinski definition) is 1. The van der Waals surface area contributed by atoms with Crippen LogP contribution in [0.25, 0.3) is 0 Å². The van der Waals surface area contributed by atoms with Crippen molar-refractivity contribution in [3.05, 3.63) is 35.4 Å². The van der Waals surface area contributed by atoms with Gasteiger partial charge in [-0.05, 0) is 37.5 Å². The Hall–Kier alpha value is -1.39. The Bertz CT molecular complexity index is 474. The van der Waals surface area contributed by atoms with Gasteiger partial charge >= 0.3 is 0 Å². The van der Waals surface area contributed by atoms with E-state index in [1.54, 1.807) is 0 Å². The van der Waals surface area contributed by atoms with Gasteiger partial charge in [-0.15, -0.1) is 0 Å². The molecule has 4 heteroatoms. The highest BCUT2D eigenvalue weighted by molar-refractivity contribution is 5.94. The van der Waals surface area contributed by atoms with E-state index >= 15 is 0 Å². The van der Waals surface area contributed by atoms with Gasteiger partial charge in [-0.25, -0.2) is 0 Å². The zero-order chi connectivity index (χ0) is 16.1. The maximum atomic E-state index is 12.0. The Labute approximate surface area is 133 Å². The molecule has 1 saturated heterocycles. The van der Waals surface area contributed by atoms with E-state index in [1.165, 1.54) is 5.56 Å². The molecule has 0 aromatic heterocycles. The van der Waals surface area contributed by atoms with Gasteiger partial charge in [-0.3, -0.25) is 9.69 Å². The molecule has 0 spiro atoms. The minimum atomic E-state index is 0.00821. The lowest BCUT2D eigenvalue weighted by Crippen LogP contribution is -2.44. The van der Waals surface area contributed by atoms with Gasteiger partial charge < -0.3 is 10.1 Å². The molecule has 1 aromatic rings. The summed E-state index contributed by atoms with van der Waals surface area (Å²) in [5.41, 5.74) is 1.97. The lowest BCUT2D eigenvalue weighted by atomic mass is 10.1. The van der Waals surface area contributed by atoms with Crippen molar-refractivity contribution in [3.63, 3.8) is 0 Å². The number of carbonyl (C=O) groups is 1. The molecule has 1 heterocycles. The molecule has 22 heavy (non-hydrogen) atoms. The third kappa shape index (κ3) is 5.11. The van der Waals surface area contributed by atoms with Crippen molar-refractivity contribution >= 4 is 5.91 Å². The lowest BCUT2D eigenvalue weighted by Gasteiger charge is -2.35. The fraction of sp³-hybridized carbons (Fsp3) is 0.611. The molecule has 0 bridgehead atoms. The van der Waals surface area contributed by atoms with Gasteiger partial charge in [-0.2, -0.15) is 0 Å². The van der Waals surface area contributed by atoms with Crippen LogP contribution in [0.15, 0.2) is 24.3 Å². The average Bonchev–Trinajstić information content (AvgIpc) is 2.44. The second-order valence-electron chi connectivity index (χ2n) is 6.75. The normalized spacial score (nSPS) is 22.8. The van der Waals surface area contributed by atoms with Crippen LogP contribution in [0.4, 0.5) is 0 Å². The Morgan fingerprint density at radius 3 is 2.36 bits per heavy atom. The predicted molar refractivity (Wildman–Crippen MR) is 88.9 cm³/mol. The number of benzene rings is 1. The second kappa shape index (κ2) is 7.75. The van der Waals surface area contributed by atoms with Gasteiger partial charge in [0.05, 0.1) is 12.2 Å². The maximum absolute atomic E-state index is 12.0. The van der Waals surface area contributed by atoms with Crippen LogP contribution in [0.2, 0.25) is 0 Å². The number of carbonyl (C=O) groups excluding carboxylic acids is 1. The smallest absolute Gasteiger partial charge is 0.251 e. The molecule has 122 valence electrons. The summed E-state index contributed by atoms with van der Waals surface area (Å²) in [6.45, 7) is 12.0. The molecule has 1 aliphatic rings. The molecule has 1 N–H and O–H groups in total.